The summed E-state index contributed by atoms with van der Waals surface area (Å²) in [5, 5.41) is 0.362. The van der Waals surface area contributed by atoms with Crippen molar-refractivity contribution in [2.24, 2.45) is 11.8 Å². The second-order valence-corrected chi connectivity index (χ2v) is 8.54. The van der Waals surface area contributed by atoms with Crippen LogP contribution in [0.2, 0.25) is 10.0 Å². The van der Waals surface area contributed by atoms with Crippen LogP contribution in [0.1, 0.15) is 33.1 Å². The maximum atomic E-state index is 12.5. The predicted molar refractivity (Wildman–Crippen MR) is 87.2 cm³/mol. The van der Waals surface area contributed by atoms with E-state index < -0.39 is 10.0 Å². The fourth-order valence-electron chi connectivity index (χ4n) is 3.19. The Hall–Kier alpha value is -0.490. The number of nitrogens with one attached hydrogen (secondary N) is 1. The summed E-state index contributed by atoms with van der Waals surface area (Å²) in [4.78, 5) is -0.0838. The van der Waals surface area contributed by atoms with Crippen LogP contribution in [0.25, 0.3) is 0 Å². The minimum Gasteiger partial charge on any atom is -0.398 e. The highest BCUT2D eigenvalue weighted by atomic mass is 35.5. The van der Waals surface area contributed by atoms with Crippen molar-refractivity contribution in [2.45, 2.75) is 44.0 Å². The lowest BCUT2D eigenvalue weighted by atomic mass is 9.81. The van der Waals surface area contributed by atoms with Crippen LogP contribution in [0.3, 0.4) is 0 Å². The van der Waals surface area contributed by atoms with E-state index >= 15 is 0 Å². The van der Waals surface area contributed by atoms with Gasteiger partial charge in [-0.3, -0.25) is 0 Å². The molecule has 0 bridgehead atoms. The molecule has 1 saturated carbocycles. The molecule has 0 aromatic heterocycles. The van der Waals surface area contributed by atoms with E-state index in [0.717, 1.165) is 19.3 Å². The van der Waals surface area contributed by atoms with E-state index in [2.05, 4.69) is 18.6 Å². The van der Waals surface area contributed by atoms with Crippen LogP contribution in [0.15, 0.2) is 17.0 Å². The first-order valence-electron chi connectivity index (χ1n) is 6.96. The summed E-state index contributed by atoms with van der Waals surface area (Å²) in [6, 6.07) is 2.70. The average molecular weight is 351 g/mol. The number of benzene rings is 1. The number of nitrogens with two attached hydrogens (primary N) is 1. The molecular formula is C14H20Cl2N2O2S. The van der Waals surface area contributed by atoms with Crippen LogP contribution < -0.4 is 10.5 Å². The summed E-state index contributed by atoms with van der Waals surface area (Å²) in [6.45, 7) is 4.28. The van der Waals surface area contributed by atoms with Crippen molar-refractivity contribution in [1.29, 1.82) is 0 Å². The van der Waals surface area contributed by atoms with Gasteiger partial charge in [0.05, 0.1) is 10.7 Å². The normalized spacial score (nSPS) is 26.8. The summed E-state index contributed by atoms with van der Waals surface area (Å²) in [7, 11) is -3.75. The number of halogens is 2. The summed E-state index contributed by atoms with van der Waals surface area (Å²) in [5.41, 5.74) is 5.85. The van der Waals surface area contributed by atoms with Gasteiger partial charge in [-0.2, -0.15) is 0 Å². The smallest absolute Gasteiger partial charge is 0.244 e. The van der Waals surface area contributed by atoms with Gasteiger partial charge in [0.15, 0.2) is 0 Å². The molecule has 0 radical (unpaired) electrons. The molecule has 0 heterocycles. The van der Waals surface area contributed by atoms with Gasteiger partial charge in [0.1, 0.15) is 4.90 Å². The molecule has 0 saturated heterocycles. The van der Waals surface area contributed by atoms with Crippen molar-refractivity contribution >= 4 is 38.9 Å². The first-order chi connectivity index (χ1) is 9.69. The van der Waals surface area contributed by atoms with Crippen molar-refractivity contribution in [1.82, 2.24) is 4.72 Å². The summed E-state index contributed by atoms with van der Waals surface area (Å²) in [6.07, 6.45) is 2.78. The molecule has 4 nitrogen and oxygen atoms in total. The lowest BCUT2D eigenvalue weighted by Crippen LogP contribution is -2.40. The number of anilines is 1. The van der Waals surface area contributed by atoms with E-state index in [1.165, 1.54) is 12.1 Å². The monoisotopic (exact) mass is 350 g/mol. The van der Waals surface area contributed by atoms with Crippen LogP contribution in [0, 0.1) is 11.8 Å². The van der Waals surface area contributed by atoms with E-state index in [4.69, 9.17) is 28.9 Å². The Morgan fingerprint density at radius 1 is 1.14 bits per heavy atom. The molecule has 118 valence electrons. The van der Waals surface area contributed by atoms with E-state index in [0.29, 0.717) is 16.9 Å². The maximum Gasteiger partial charge on any atom is 0.244 e. The standard InChI is InChI=1S/C14H20Cl2N2O2S/c1-8-3-9(2)5-11(4-8)18-21(19,20)14-12(16)6-10(15)7-13(14)17/h6-9,11,18H,3-5,17H2,1-2H3. The van der Waals surface area contributed by atoms with E-state index in [9.17, 15) is 8.42 Å². The van der Waals surface area contributed by atoms with Crippen molar-refractivity contribution < 1.29 is 8.42 Å². The van der Waals surface area contributed by atoms with E-state index in [1.54, 1.807) is 0 Å². The quantitative estimate of drug-likeness (QED) is 0.816. The zero-order chi connectivity index (χ0) is 15.8. The summed E-state index contributed by atoms with van der Waals surface area (Å²) >= 11 is 11.8. The van der Waals surface area contributed by atoms with Gasteiger partial charge in [-0.15, -0.1) is 0 Å². The van der Waals surface area contributed by atoms with Gasteiger partial charge >= 0.3 is 0 Å². The maximum absolute atomic E-state index is 12.5. The highest BCUT2D eigenvalue weighted by Gasteiger charge is 2.30. The molecule has 2 atom stereocenters. The molecular weight excluding hydrogens is 331 g/mol. The molecule has 3 N–H and O–H groups in total. The molecule has 1 fully saturated rings. The molecule has 2 unspecified atom stereocenters. The zero-order valence-electron chi connectivity index (χ0n) is 12.1. The van der Waals surface area contributed by atoms with Gasteiger partial charge in [0.2, 0.25) is 10.0 Å². The Bertz CT molecular complexity index is 601. The van der Waals surface area contributed by atoms with Crippen LogP contribution in [-0.4, -0.2) is 14.5 Å². The lowest BCUT2D eigenvalue weighted by molar-refractivity contribution is 0.258. The zero-order valence-corrected chi connectivity index (χ0v) is 14.4. The van der Waals surface area contributed by atoms with Crippen LogP contribution in [0.5, 0.6) is 0 Å². The van der Waals surface area contributed by atoms with Crippen molar-refractivity contribution in [3.63, 3.8) is 0 Å². The molecule has 1 aliphatic rings. The van der Waals surface area contributed by atoms with Crippen LogP contribution in [0.4, 0.5) is 5.69 Å². The molecule has 1 aromatic rings. The van der Waals surface area contributed by atoms with Crippen LogP contribution >= 0.6 is 23.2 Å². The number of hydrogen-bond donors (Lipinski definition) is 2. The minimum absolute atomic E-state index is 0.0457. The van der Waals surface area contributed by atoms with E-state index in [-0.39, 0.29) is 21.6 Å². The van der Waals surface area contributed by atoms with Crippen LogP contribution in [-0.2, 0) is 10.0 Å². The number of rotatable bonds is 3. The molecule has 2 rings (SSSR count). The van der Waals surface area contributed by atoms with Gasteiger partial charge in [-0.1, -0.05) is 37.0 Å². The number of sulfonamides is 1. The second-order valence-electron chi connectivity index (χ2n) is 6.04. The van der Waals surface area contributed by atoms with Gasteiger partial charge in [0, 0.05) is 11.1 Å². The third-order valence-electron chi connectivity index (χ3n) is 3.81. The third-order valence-corrected chi connectivity index (χ3v) is 6.07. The first kappa shape index (κ1) is 16.9. The summed E-state index contributed by atoms with van der Waals surface area (Å²) in [5.74, 6) is 0.999. The highest BCUT2D eigenvalue weighted by molar-refractivity contribution is 7.89. The van der Waals surface area contributed by atoms with Crippen molar-refractivity contribution in [3.8, 4) is 0 Å². The number of hydrogen-bond acceptors (Lipinski definition) is 3. The Balaban J connectivity index is 2.27. The van der Waals surface area contributed by atoms with Gasteiger partial charge in [-0.05, 0) is 43.2 Å². The second kappa shape index (κ2) is 6.32. The molecule has 0 aliphatic heterocycles. The minimum atomic E-state index is -3.75. The topological polar surface area (TPSA) is 72.2 Å². The van der Waals surface area contributed by atoms with Gasteiger partial charge in [0.25, 0.3) is 0 Å². The van der Waals surface area contributed by atoms with E-state index in [1.807, 2.05) is 0 Å². The Labute approximate surface area is 136 Å². The summed E-state index contributed by atoms with van der Waals surface area (Å²) < 4.78 is 27.8. The van der Waals surface area contributed by atoms with Crippen molar-refractivity contribution in [2.75, 3.05) is 5.73 Å². The fraction of sp³-hybridized carbons (Fsp3) is 0.571. The number of nitrogen functional groups attached to an aromatic ring is 1. The molecule has 0 spiro atoms. The average Bonchev–Trinajstić information content (AvgIpc) is 2.23. The lowest BCUT2D eigenvalue weighted by Gasteiger charge is -2.31. The predicted octanol–water partition coefficient (Wildman–Crippen LogP) is 3.68. The Morgan fingerprint density at radius 3 is 2.24 bits per heavy atom. The Morgan fingerprint density at radius 2 is 1.71 bits per heavy atom. The Kier molecular flexibility index (Phi) is 5.08. The largest absolute Gasteiger partial charge is 0.398 e. The molecule has 1 aromatic carbocycles. The SMILES string of the molecule is CC1CC(C)CC(NS(=O)(=O)c2c(N)cc(Cl)cc2Cl)C1. The van der Waals surface area contributed by atoms with Gasteiger partial charge in [-0.25, -0.2) is 13.1 Å². The molecule has 21 heavy (non-hydrogen) atoms. The highest BCUT2D eigenvalue weighted by Crippen LogP contribution is 2.33. The third kappa shape index (κ3) is 4.03. The fourth-order valence-corrected chi connectivity index (χ4v) is 5.43. The first-order valence-corrected chi connectivity index (χ1v) is 9.19. The van der Waals surface area contributed by atoms with Crippen molar-refractivity contribution in [3.05, 3.63) is 22.2 Å². The van der Waals surface area contributed by atoms with Gasteiger partial charge < -0.3 is 5.73 Å². The molecule has 0 amide bonds. The molecule has 7 heteroatoms. The molecule has 1 aliphatic carbocycles.